The van der Waals surface area contributed by atoms with Crippen LogP contribution in [0.4, 0.5) is 0 Å². The van der Waals surface area contributed by atoms with E-state index in [0.717, 1.165) is 29.1 Å². The van der Waals surface area contributed by atoms with Crippen molar-refractivity contribution in [3.63, 3.8) is 0 Å². The van der Waals surface area contributed by atoms with E-state index in [-0.39, 0.29) is 11.4 Å². The number of aromatic nitrogens is 3. The molecule has 2 heterocycles. The minimum absolute atomic E-state index is 0.245. The molecule has 144 valence electrons. The second kappa shape index (κ2) is 6.05. The summed E-state index contributed by atoms with van der Waals surface area (Å²) in [6.45, 7) is 6.54. The van der Waals surface area contributed by atoms with Crippen molar-refractivity contribution in [1.29, 1.82) is 0 Å². The molecule has 2 aromatic rings. The second-order valence-corrected chi connectivity index (χ2v) is 9.44. The van der Waals surface area contributed by atoms with E-state index < -0.39 is 0 Å². The molecule has 0 unspecified atom stereocenters. The maximum Gasteiger partial charge on any atom is 0.358 e. The zero-order valence-corrected chi connectivity index (χ0v) is 16.6. The van der Waals surface area contributed by atoms with Gasteiger partial charge < -0.3 is 4.74 Å². The number of esters is 1. The highest BCUT2D eigenvalue weighted by Crippen LogP contribution is 2.60. The molecule has 0 aliphatic heterocycles. The number of rotatable bonds is 4. The van der Waals surface area contributed by atoms with Crippen LogP contribution < -0.4 is 0 Å². The Labute approximate surface area is 160 Å². The molecule has 6 rings (SSSR count). The van der Waals surface area contributed by atoms with Gasteiger partial charge in [0.2, 0.25) is 0 Å². The van der Waals surface area contributed by atoms with Gasteiger partial charge in [0, 0.05) is 17.2 Å². The van der Waals surface area contributed by atoms with Gasteiger partial charge in [-0.1, -0.05) is 13.8 Å². The van der Waals surface area contributed by atoms with E-state index in [0.29, 0.717) is 18.2 Å². The van der Waals surface area contributed by atoms with E-state index in [1.807, 2.05) is 11.4 Å². The number of hydrogen-bond donors (Lipinski definition) is 0. The molecule has 0 amide bonds. The molecular weight excluding hydrogens is 338 g/mol. The molecule has 0 radical (unpaired) electrons. The van der Waals surface area contributed by atoms with Crippen molar-refractivity contribution in [2.75, 3.05) is 6.61 Å². The second-order valence-electron chi connectivity index (χ2n) is 9.44. The van der Waals surface area contributed by atoms with Crippen molar-refractivity contribution in [2.45, 2.75) is 70.6 Å². The molecule has 4 aliphatic carbocycles. The predicted molar refractivity (Wildman–Crippen MR) is 103 cm³/mol. The average Bonchev–Trinajstić information content (AvgIpc) is 3.04. The van der Waals surface area contributed by atoms with Crippen LogP contribution in [0.5, 0.6) is 0 Å². The molecule has 0 N–H and O–H groups in total. The maximum absolute atomic E-state index is 12.2. The highest BCUT2D eigenvalue weighted by atomic mass is 16.5. The number of ether oxygens (including phenoxy) is 1. The van der Waals surface area contributed by atoms with Crippen LogP contribution in [0, 0.1) is 17.8 Å². The normalized spacial score (nSPS) is 31.8. The minimum Gasteiger partial charge on any atom is -0.461 e. The fraction of sp³-hybridized carbons (Fsp3) is 0.682. The van der Waals surface area contributed by atoms with E-state index >= 15 is 0 Å². The summed E-state index contributed by atoms with van der Waals surface area (Å²) in [6.07, 6.45) is 8.16. The smallest absolute Gasteiger partial charge is 0.358 e. The van der Waals surface area contributed by atoms with E-state index in [2.05, 4.69) is 25.0 Å². The summed E-state index contributed by atoms with van der Waals surface area (Å²) in [4.78, 5) is 17.2. The Morgan fingerprint density at radius 3 is 2.37 bits per heavy atom. The van der Waals surface area contributed by atoms with Crippen molar-refractivity contribution in [1.82, 2.24) is 14.6 Å². The quantitative estimate of drug-likeness (QED) is 0.747. The van der Waals surface area contributed by atoms with E-state index in [4.69, 9.17) is 9.72 Å². The largest absolute Gasteiger partial charge is 0.461 e. The lowest BCUT2D eigenvalue weighted by Gasteiger charge is -2.56. The molecule has 0 atom stereocenters. The third-order valence-electron chi connectivity index (χ3n) is 7.11. The monoisotopic (exact) mass is 367 g/mol. The highest BCUT2D eigenvalue weighted by molar-refractivity contribution is 5.88. The molecular formula is C22H29N3O2. The van der Waals surface area contributed by atoms with Crippen molar-refractivity contribution in [3.05, 3.63) is 29.2 Å². The summed E-state index contributed by atoms with van der Waals surface area (Å²) in [5, 5.41) is 4.52. The SMILES string of the molecule is CCOC(=O)c1cc2nc(C34CC5CC(CC(C5)C3)C4)cc(C(C)C)n2n1. The van der Waals surface area contributed by atoms with Gasteiger partial charge in [0.05, 0.1) is 12.3 Å². The first kappa shape index (κ1) is 17.2. The van der Waals surface area contributed by atoms with Crippen LogP contribution in [0.1, 0.15) is 87.1 Å². The summed E-state index contributed by atoms with van der Waals surface area (Å²) in [7, 11) is 0. The number of carbonyl (C=O) groups excluding carboxylic acids is 1. The van der Waals surface area contributed by atoms with Gasteiger partial charge in [-0.05, 0) is 75.2 Å². The Hall–Kier alpha value is -1.91. The van der Waals surface area contributed by atoms with Gasteiger partial charge in [-0.3, -0.25) is 0 Å². The highest BCUT2D eigenvalue weighted by Gasteiger charge is 2.52. The predicted octanol–water partition coefficient (Wildman–Crippen LogP) is 4.50. The van der Waals surface area contributed by atoms with E-state index in [1.54, 1.807) is 6.07 Å². The first-order valence-corrected chi connectivity index (χ1v) is 10.6. The van der Waals surface area contributed by atoms with E-state index in [1.165, 1.54) is 44.2 Å². The molecule has 4 aliphatic rings. The van der Waals surface area contributed by atoms with Crippen molar-refractivity contribution < 1.29 is 9.53 Å². The standard InChI is InChI=1S/C22H29N3O2/c1-4-27-21(26)17-8-20-23-19(9-18(13(2)3)25(20)24-17)22-10-14-5-15(11-22)7-16(6-14)12-22/h8-9,13-16H,4-7,10-12H2,1-3H3. The van der Waals surface area contributed by atoms with Crippen molar-refractivity contribution in [2.24, 2.45) is 17.8 Å². The van der Waals surface area contributed by atoms with Gasteiger partial charge in [-0.15, -0.1) is 0 Å². The lowest BCUT2D eigenvalue weighted by Crippen LogP contribution is -2.49. The number of fused-ring (bicyclic) bond motifs is 1. The zero-order chi connectivity index (χ0) is 18.8. The third-order valence-corrected chi connectivity index (χ3v) is 7.11. The summed E-state index contributed by atoms with van der Waals surface area (Å²) in [5.41, 5.74) is 3.77. The van der Waals surface area contributed by atoms with Crippen molar-refractivity contribution in [3.8, 4) is 0 Å². The Bertz CT molecular complexity index is 863. The molecule has 27 heavy (non-hydrogen) atoms. The summed E-state index contributed by atoms with van der Waals surface area (Å²) >= 11 is 0. The first-order valence-electron chi connectivity index (χ1n) is 10.6. The molecule has 5 nitrogen and oxygen atoms in total. The Balaban J connectivity index is 1.62. The van der Waals surface area contributed by atoms with Crippen LogP contribution in [0.15, 0.2) is 12.1 Å². The minimum atomic E-state index is -0.367. The molecule has 4 fully saturated rings. The van der Waals surface area contributed by atoms with Crippen LogP contribution in [-0.2, 0) is 10.2 Å². The molecule has 2 aromatic heterocycles. The van der Waals surface area contributed by atoms with E-state index in [9.17, 15) is 4.79 Å². The fourth-order valence-electron chi connectivity index (χ4n) is 6.41. The van der Waals surface area contributed by atoms with Crippen LogP contribution in [0.2, 0.25) is 0 Å². The van der Waals surface area contributed by atoms with Crippen molar-refractivity contribution >= 4 is 11.6 Å². The summed E-state index contributed by atoms with van der Waals surface area (Å²) < 4.78 is 6.99. The third kappa shape index (κ3) is 2.69. The molecule has 0 spiro atoms. The lowest BCUT2D eigenvalue weighted by atomic mass is 9.49. The molecule has 5 heteroatoms. The molecule has 4 saturated carbocycles. The van der Waals surface area contributed by atoms with Gasteiger partial charge >= 0.3 is 5.97 Å². The van der Waals surface area contributed by atoms with Gasteiger partial charge in [-0.2, -0.15) is 5.10 Å². The number of hydrogen-bond acceptors (Lipinski definition) is 4. The van der Waals surface area contributed by atoms with Gasteiger partial charge in [0.15, 0.2) is 11.3 Å². The summed E-state index contributed by atoms with van der Waals surface area (Å²) in [5.74, 6) is 2.61. The van der Waals surface area contributed by atoms with Crippen LogP contribution >= 0.6 is 0 Å². The maximum atomic E-state index is 12.2. The summed E-state index contributed by atoms with van der Waals surface area (Å²) in [6, 6.07) is 4.08. The Morgan fingerprint density at radius 1 is 1.19 bits per heavy atom. The number of carbonyl (C=O) groups is 1. The topological polar surface area (TPSA) is 56.5 Å². The first-order chi connectivity index (χ1) is 13.0. The molecule has 4 bridgehead atoms. The van der Waals surface area contributed by atoms with Gasteiger partial charge in [0.25, 0.3) is 0 Å². The Morgan fingerprint density at radius 2 is 1.81 bits per heavy atom. The molecule has 0 aromatic carbocycles. The van der Waals surface area contributed by atoms with Crippen LogP contribution in [0.25, 0.3) is 5.65 Å². The van der Waals surface area contributed by atoms with Gasteiger partial charge in [-0.25, -0.2) is 14.3 Å². The average molecular weight is 367 g/mol. The molecule has 0 saturated heterocycles. The van der Waals surface area contributed by atoms with Gasteiger partial charge in [0.1, 0.15) is 0 Å². The zero-order valence-electron chi connectivity index (χ0n) is 16.6. The van der Waals surface area contributed by atoms with Crippen LogP contribution in [0.3, 0.4) is 0 Å². The lowest BCUT2D eigenvalue weighted by molar-refractivity contribution is -0.00719. The Kier molecular flexibility index (Phi) is 3.85. The van der Waals surface area contributed by atoms with Crippen LogP contribution in [-0.4, -0.2) is 27.2 Å². The number of nitrogens with zero attached hydrogens (tertiary/aromatic N) is 3. The fourth-order valence-corrected chi connectivity index (χ4v) is 6.41.